The van der Waals surface area contributed by atoms with E-state index in [4.69, 9.17) is 34.8 Å². The summed E-state index contributed by atoms with van der Waals surface area (Å²) in [5.41, 5.74) is 11.8. The number of H-pyrrole nitrogens is 1. The van der Waals surface area contributed by atoms with E-state index in [1.165, 1.54) is 31.5 Å². The molecule has 5 fully saturated rings. The van der Waals surface area contributed by atoms with Crippen LogP contribution < -0.4 is 27.2 Å². The third kappa shape index (κ3) is 9.36. The second kappa shape index (κ2) is 17.6. The highest BCUT2D eigenvalue weighted by Crippen LogP contribution is 2.43. The number of halogens is 6. The Hall–Kier alpha value is -5.14. The van der Waals surface area contributed by atoms with Gasteiger partial charge in [-0.25, -0.2) is 20.8 Å². The van der Waals surface area contributed by atoms with E-state index in [1.54, 1.807) is 18.2 Å². The van der Waals surface area contributed by atoms with Crippen molar-refractivity contribution in [3.63, 3.8) is 0 Å². The molecule has 2 aromatic heterocycles. The minimum absolute atomic E-state index is 0.0117. The fourth-order valence-corrected chi connectivity index (χ4v) is 8.45. The first kappa shape index (κ1) is 42.0. The first-order valence-corrected chi connectivity index (χ1v) is 20.2. The van der Waals surface area contributed by atoms with Gasteiger partial charge in [0.05, 0.1) is 27.7 Å². The Morgan fingerprint density at radius 2 is 1.88 bits per heavy atom. The van der Waals surface area contributed by atoms with Crippen LogP contribution >= 0.6 is 23.2 Å². The third-order valence-electron chi connectivity index (χ3n) is 11.1. The number of nitrogens with zero attached hydrogens (tertiary/aromatic N) is 4. The fraction of sp³-hybridized carbons (Fsp3) is 0.381. The number of aryl methyl sites for hydroxylation is 2. The number of aromatic amines is 1. The van der Waals surface area contributed by atoms with Gasteiger partial charge >= 0.3 is 6.36 Å². The van der Waals surface area contributed by atoms with Crippen molar-refractivity contribution in [1.29, 1.82) is 5.26 Å². The number of rotatable bonds is 8. The van der Waals surface area contributed by atoms with Gasteiger partial charge in [0.1, 0.15) is 11.3 Å². The van der Waals surface area contributed by atoms with Crippen LogP contribution in [0.25, 0.3) is 32.9 Å². The molecule has 0 radical (unpaired) electrons. The van der Waals surface area contributed by atoms with Crippen LogP contribution in [0.3, 0.4) is 0 Å². The number of hydrazone groups is 1. The van der Waals surface area contributed by atoms with Gasteiger partial charge in [-0.05, 0) is 100 Å². The molecular weight excluding hydrogens is 809 g/mol. The number of likely N-dealkylation sites (tertiary alicyclic amines) is 1. The zero-order valence-corrected chi connectivity index (χ0v) is 33.6. The number of hydrogen-bond acceptors (Lipinski definition) is 8. The number of amidine groups is 1. The van der Waals surface area contributed by atoms with E-state index in [1.807, 2.05) is 23.4 Å². The number of alkyl halides is 3. The van der Waals surface area contributed by atoms with Gasteiger partial charge in [-0.1, -0.05) is 47.5 Å². The number of carbonyl (C=O) groups is 1. The number of hydrazine groups is 1. The van der Waals surface area contributed by atoms with Gasteiger partial charge in [0, 0.05) is 63.8 Å². The van der Waals surface area contributed by atoms with Crippen LogP contribution in [-0.2, 0) is 11.2 Å². The van der Waals surface area contributed by atoms with Gasteiger partial charge in [-0.3, -0.25) is 4.79 Å². The number of nitrogens with two attached hydrogens (primary N) is 2. The Morgan fingerprint density at radius 3 is 2.53 bits per heavy atom. The normalized spacial score (nSPS) is 19.7. The van der Waals surface area contributed by atoms with Crippen LogP contribution in [0.5, 0.6) is 5.75 Å². The highest BCUT2D eigenvalue weighted by atomic mass is 35.5. The smallest absolute Gasteiger partial charge is 0.406 e. The lowest BCUT2D eigenvalue weighted by atomic mass is 9.87. The molecule has 7 N–H and O–H groups in total. The van der Waals surface area contributed by atoms with Gasteiger partial charge in [0.25, 0.3) is 0 Å². The van der Waals surface area contributed by atoms with Crippen LogP contribution in [0.1, 0.15) is 73.5 Å². The summed E-state index contributed by atoms with van der Waals surface area (Å²) in [7, 11) is 0. The predicted octanol–water partition coefficient (Wildman–Crippen LogP) is 8.70. The molecule has 59 heavy (non-hydrogen) atoms. The SMILES string of the molecule is C1NC2CC1C2.Cc1nc2c(F)c(-c3cccc(Cl)c3Cl)c(CCC#N)cc2c2[nH]c(C3CCCN3C(=O)C3CC3)cc12.NN/N=C(\N)c1cccc(OC(F)(F)F)c1. The van der Waals surface area contributed by atoms with Crippen molar-refractivity contribution in [2.45, 2.75) is 76.7 Å². The Kier molecular flexibility index (Phi) is 12.5. The molecule has 11 nitrogen and oxygen atoms in total. The Balaban J connectivity index is 0.000000196. The average Bonchev–Trinajstić information content (AvgIpc) is 3.58. The molecule has 1 unspecified atom stereocenters. The van der Waals surface area contributed by atoms with Crippen LogP contribution in [0.4, 0.5) is 17.6 Å². The standard InChI is InChI=1S/C29H25Cl2FN4O.C8H9F3N4O.C5H9N/c1-15-19-14-22(23-8-4-12-36(23)29(37)16-9-10-16)35-27(19)20-13-17(5-3-11-33)24(26(32)28(20)34-15)18-6-2-7-21(30)25(18)31;9-8(10,11)16-6-3-1-2-5(4-6)7(12)14-15-13;1-4-2-5(1)6-3-4/h2,6-7,13-14,16,23,35H,3-5,8-10,12H2,1H3;1-4,15H,13H2,(H2,12,14);4-6H,1-3H2. The monoisotopic (exact) mass is 851 g/mol. The van der Waals surface area contributed by atoms with Crippen LogP contribution in [0.2, 0.25) is 10.0 Å². The van der Waals surface area contributed by atoms with Crippen molar-refractivity contribution in [2.24, 2.45) is 28.5 Å². The van der Waals surface area contributed by atoms with E-state index in [9.17, 15) is 23.2 Å². The topological polar surface area (TPSA) is 170 Å². The Morgan fingerprint density at radius 1 is 1.12 bits per heavy atom. The van der Waals surface area contributed by atoms with Crippen molar-refractivity contribution < 1.29 is 27.1 Å². The van der Waals surface area contributed by atoms with Crippen molar-refractivity contribution in [1.82, 2.24) is 25.7 Å². The minimum atomic E-state index is -4.74. The number of aromatic nitrogens is 2. The first-order chi connectivity index (χ1) is 28.3. The van der Waals surface area contributed by atoms with E-state index in [0.29, 0.717) is 39.2 Å². The van der Waals surface area contributed by atoms with Crippen molar-refractivity contribution in [2.75, 3.05) is 13.1 Å². The number of pyridine rings is 1. The van der Waals surface area contributed by atoms with Crippen molar-refractivity contribution >= 4 is 56.8 Å². The molecule has 2 aliphatic carbocycles. The number of ether oxygens (including phenoxy) is 1. The second-order valence-corrected chi connectivity index (χ2v) is 16.0. The van der Waals surface area contributed by atoms with Gasteiger partial charge in [0.15, 0.2) is 11.7 Å². The summed E-state index contributed by atoms with van der Waals surface area (Å²) in [4.78, 5) is 23.1. The maximum absolute atomic E-state index is 16.3. The number of nitriles is 1. The summed E-state index contributed by atoms with van der Waals surface area (Å²) in [6.45, 7) is 3.95. The molecule has 0 spiro atoms. The van der Waals surface area contributed by atoms with E-state index >= 15 is 4.39 Å². The summed E-state index contributed by atoms with van der Waals surface area (Å²) in [5.74, 6) is 5.46. The summed E-state index contributed by atoms with van der Waals surface area (Å²) < 4.78 is 55.7. The van der Waals surface area contributed by atoms with Gasteiger partial charge in [0.2, 0.25) is 5.91 Å². The molecule has 3 saturated heterocycles. The van der Waals surface area contributed by atoms with E-state index in [-0.39, 0.29) is 52.0 Å². The van der Waals surface area contributed by atoms with Gasteiger partial charge in [-0.2, -0.15) is 5.26 Å². The van der Waals surface area contributed by atoms with Gasteiger partial charge in [-0.15, -0.1) is 18.3 Å². The molecule has 2 bridgehead atoms. The number of fused-ring (bicyclic) bond motifs is 4. The lowest BCUT2D eigenvalue weighted by molar-refractivity contribution is -0.274. The quantitative estimate of drug-likeness (QED) is 0.0340. The average molecular weight is 853 g/mol. The van der Waals surface area contributed by atoms with Crippen LogP contribution in [0.15, 0.2) is 59.7 Å². The lowest BCUT2D eigenvalue weighted by Crippen LogP contribution is -2.31. The van der Waals surface area contributed by atoms with E-state index in [2.05, 4.69) is 37.3 Å². The largest absolute Gasteiger partial charge is 0.573 e. The molecular formula is C42H43Cl2F4N9O2. The molecule has 1 amide bonds. The number of hydrogen-bond donors (Lipinski definition) is 5. The summed E-state index contributed by atoms with van der Waals surface area (Å²) in [6, 6.07) is 17.3. The van der Waals surface area contributed by atoms with E-state index in [0.717, 1.165) is 72.9 Å². The molecule has 10 rings (SSSR count). The van der Waals surface area contributed by atoms with Crippen molar-refractivity contribution in [3.8, 4) is 22.9 Å². The Bertz CT molecular complexity index is 2430. The predicted molar refractivity (Wildman–Crippen MR) is 220 cm³/mol. The molecule has 1 atom stereocenters. The van der Waals surface area contributed by atoms with Gasteiger partial charge < -0.3 is 25.7 Å². The number of nitrogens with one attached hydrogen (secondary N) is 3. The van der Waals surface area contributed by atoms with E-state index < -0.39 is 12.2 Å². The summed E-state index contributed by atoms with van der Waals surface area (Å²) >= 11 is 12.8. The maximum atomic E-state index is 16.3. The minimum Gasteiger partial charge on any atom is -0.406 e. The third-order valence-corrected chi connectivity index (χ3v) is 11.9. The second-order valence-electron chi connectivity index (χ2n) is 15.2. The molecule has 3 aromatic carbocycles. The fourth-order valence-electron chi connectivity index (χ4n) is 8.06. The maximum Gasteiger partial charge on any atom is 0.573 e. The highest BCUT2D eigenvalue weighted by molar-refractivity contribution is 6.43. The van der Waals surface area contributed by atoms with Crippen LogP contribution in [-0.4, -0.2) is 52.1 Å². The highest BCUT2D eigenvalue weighted by Gasteiger charge is 2.39. The number of carbonyl (C=O) groups excluding carboxylic acids is 1. The molecule has 5 aliphatic rings. The first-order valence-electron chi connectivity index (χ1n) is 19.4. The zero-order valence-electron chi connectivity index (χ0n) is 32.1. The van der Waals surface area contributed by atoms with Crippen LogP contribution in [0, 0.1) is 35.9 Å². The molecule has 5 heterocycles. The molecule has 310 valence electrons. The Labute approximate surface area is 348 Å². The molecule has 3 aliphatic heterocycles. The number of amides is 1. The lowest BCUT2D eigenvalue weighted by Gasteiger charge is -2.24. The zero-order chi connectivity index (χ0) is 42.0. The van der Waals surface area contributed by atoms with Crippen molar-refractivity contribution in [3.05, 3.63) is 93.0 Å². The summed E-state index contributed by atoms with van der Waals surface area (Å²) in [6.07, 6.45) is 2.61. The molecule has 5 aromatic rings. The molecule has 17 heteroatoms. The number of benzene rings is 3. The summed E-state index contributed by atoms with van der Waals surface area (Å²) in [5, 5.41) is 18.2. The molecule has 2 saturated carbocycles.